The fourth-order valence-electron chi connectivity index (χ4n) is 3.76. The van der Waals surface area contributed by atoms with E-state index in [-0.39, 0.29) is 23.6 Å². The van der Waals surface area contributed by atoms with Crippen molar-refractivity contribution in [3.05, 3.63) is 53.6 Å². The van der Waals surface area contributed by atoms with Crippen LogP contribution < -0.4 is 14.8 Å². The van der Waals surface area contributed by atoms with Crippen LogP contribution in [0, 0.1) is 5.92 Å². The largest absolute Gasteiger partial charge is 0.497 e. The number of anilines is 1. The van der Waals surface area contributed by atoms with E-state index in [1.165, 1.54) is 7.11 Å². The molecule has 1 saturated carbocycles. The number of benzene rings is 2. The van der Waals surface area contributed by atoms with Crippen LogP contribution in [0.2, 0.25) is 0 Å². The lowest BCUT2D eigenvalue weighted by molar-refractivity contribution is -0.117. The van der Waals surface area contributed by atoms with Crippen LogP contribution in [-0.2, 0) is 4.79 Å². The fraction of sp³-hybridized carbons (Fsp3) is 0.375. The molecular weight excluding hydrogens is 410 g/mol. The van der Waals surface area contributed by atoms with Gasteiger partial charge in [0.15, 0.2) is 0 Å². The zero-order valence-corrected chi connectivity index (χ0v) is 18.3. The summed E-state index contributed by atoms with van der Waals surface area (Å²) >= 11 is 0. The number of piperazine rings is 1. The molecule has 0 spiro atoms. The Labute approximate surface area is 187 Å². The summed E-state index contributed by atoms with van der Waals surface area (Å²) in [7, 11) is 3.08. The van der Waals surface area contributed by atoms with Gasteiger partial charge in [-0.15, -0.1) is 0 Å². The number of nitrogens with zero attached hydrogens (tertiary/aromatic N) is 2. The average Bonchev–Trinajstić information content (AvgIpc) is 3.69. The highest BCUT2D eigenvalue weighted by Crippen LogP contribution is 2.30. The Bertz CT molecular complexity index is 1030. The minimum Gasteiger partial charge on any atom is -0.497 e. The lowest BCUT2D eigenvalue weighted by Gasteiger charge is -2.35. The fourth-order valence-corrected chi connectivity index (χ4v) is 3.76. The molecule has 3 amide bonds. The van der Waals surface area contributed by atoms with Gasteiger partial charge in [0.05, 0.1) is 19.8 Å². The zero-order valence-electron chi connectivity index (χ0n) is 18.3. The molecule has 0 radical (unpaired) electrons. The van der Waals surface area contributed by atoms with Crippen LogP contribution in [-0.4, -0.2) is 67.9 Å². The van der Waals surface area contributed by atoms with E-state index in [0.717, 1.165) is 12.8 Å². The Morgan fingerprint density at radius 2 is 1.56 bits per heavy atom. The minimum absolute atomic E-state index is 0.00989. The van der Waals surface area contributed by atoms with Crippen molar-refractivity contribution in [1.82, 2.24) is 9.80 Å². The van der Waals surface area contributed by atoms with Gasteiger partial charge in [-0.2, -0.15) is 0 Å². The summed E-state index contributed by atoms with van der Waals surface area (Å²) in [6.45, 7) is 1.72. The summed E-state index contributed by atoms with van der Waals surface area (Å²) in [5.41, 5.74) is 1.62. The van der Waals surface area contributed by atoms with Crippen LogP contribution in [0.25, 0.3) is 0 Å². The Balaban J connectivity index is 1.38. The van der Waals surface area contributed by atoms with Crippen LogP contribution in [0.3, 0.4) is 0 Å². The van der Waals surface area contributed by atoms with E-state index in [9.17, 15) is 14.4 Å². The number of hydrogen-bond acceptors (Lipinski definition) is 5. The third kappa shape index (κ3) is 4.69. The summed E-state index contributed by atoms with van der Waals surface area (Å²) < 4.78 is 10.5. The Morgan fingerprint density at radius 3 is 2.19 bits per heavy atom. The monoisotopic (exact) mass is 437 g/mol. The van der Waals surface area contributed by atoms with E-state index in [2.05, 4.69) is 5.32 Å². The molecule has 1 N–H and O–H groups in total. The highest BCUT2D eigenvalue weighted by Gasteiger charge is 2.30. The number of amides is 3. The second kappa shape index (κ2) is 9.30. The van der Waals surface area contributed by atoms with E-state index >= 15 is 0 Å². The van der Waals surface area contributed by atoms with Gasteiger partial charge in [-0.1, -0.05) is 6.07 Å². The van der Waals surface area contributed by atoms with Gasteiger partial charge in [-0.3, -0.25) is 14.4 Å². The molecule has 1 saturated heterocycles. The van der Waals surface area contributed by atoms with E-state index in [1.807, 2.05) is 0 Å². The molecule has 1 aliphatic heterocycles. The van der Waals surface area contributed by atoms with Gasteiger partial charge in [-0.05, 0) is 43.2 Å². The number of carbonyl (C=O) groups is 3. The molecule has 0 aromatic heterocycles. The van der Waals surface area contributed by atoms with Gasteiger partial charge >= 0.3 is 0 Å². The SMILES string of the molecule is COc1ccc(C(=O)N2CCN(C(=O)c3cccc(NC(=O)C4CC4)c3)CC2)c(OC)c1. The van der Waals surface area contributed by atoms with Gasteiger partial charge in [0.1, 0.15) is 11.5 Å². The minimum atomic E-state index is -0.138. The molecule has 1 aliphatic carbocycles. The first kappa shape index (κ1) is 21.7. The van der Waals surface area contributed by atoms with Crippen LogP contribution in [0.15, 0.2) is 42.5 Å². The molecule has 0 bridgehead atoms. The third-order valence-electron chi connectivity index (χ3n) is 5.82. The normalized spacial score (nSPS) is 15.8. The average molecular weight is 437 g/mol. The molecule has 2 fully saturated rings. The summed E-state index contributed by atoms with van der Waals surface area (Å²) in [5, 5.41) is 2.88. The van der Waals surface area contributed by atoms with Gasteiger partial charge < -0.3 is 24.6 Å². The van der Waals surface area contributed by atoms with Gasteiger partial charge in [0.25, 0.3) is 11.8 Å². The maximum Gasteiger partial charge on any atom is 0.257 e. The molecule has 32 heavy (non-hydrogen) atoms. The maximum absolute atomic E-state index is 13.0. The molecule has 2 aromatic carbocycles. The molecule has 2 aliphatic rings. The standard InChI is InChI=1S/C24H27N3O5/c1-31-19-8-9-20(21(15-19)32-2)24(30)27-12-10-26(11-13-27)23(29)17-4-3-5-18(14-17)25-22(28)16-6-7-16/h3-5,8-9,14-16H,6-7,10-13H2,1-2H3,(H,25,28). The van der Waals surface area contributed by atoms with E-state index in [1.54, 1.807) is 59.4 Å². The van der Waals surface area contributed by atoms with Crippen LogP contribution >= 0.6 is 0 Å². The lowest BCUT2D eigenvalue weighted by atomic mass is 10.1. The van der Waals surface area contributed by atoms with Crippen molar-refractivity contribution in [3.8, 4) is 11.5 Å². The second-order valence-corrected chi connectivity index (χ2v) is 7.99. The zero-order chi connectivity index (χ0) is 22.7. The van der Waals surface area contributed by atoms with E-state index in [4.69, 9.17) is 9.47 Å². The molecule has 4 rings (SSSR count). The summed E-state index contributed by atoms with van der Waals surface area (Å²) in [4.78, 5) is 41.4. The van der Waals surface area contributed by atoms with Gasteiger partial charge in [-0.25, -0.2) is 0 Å². The van der Waals surface area contributed by atoms with Crippen molar-refractivity contribution in [1.29, 1.82) is 0 Å². The van der Waals surface area contributed by atoms with Crippen LogP contribution in [0.1, 0.15) is 33.6 Å². The van der Waals surface area contributed by atoms with Crippen molar-refractivity contribution in [2.75, 3.05) is 45.7 Å². The van der Waals surface area contributed by atoms with Crippen LogP contribution in [0.5, 0.6) is 11.5 Å². The maximum atomic E-state index is 13.0. The number of ether oxygens (including phenoxy) is 2. The van der Waals surface area contributed by atoms with Gasteiger partial charge in [0.2, 0.25) is 5.91 Å². The van der Waals surface area contributed by atoms with Gasteiger partial charge in [0, 0.05) is 49.4 Å². The number of carbonyl (C=O) groups excluding carboxylic acids is 3. The second-order valence-electron chi connectivity index (χ2n) is 7.99. The topological polar surface area (TPSA) is 88.2 Å². The first-order valence-corrected chi connectivity index (χ1v) is 10.7. The molecule has 168 valence electrons. The Morgan fingerprint density at radius 1 is 0.875 bits per heavy atom. The molecular formula is C24H27N3O5. The highest BCUT2D eigenvalue weighted by molar-refractivity contribution is 5.99. The van der Waals surface area contributed by atoms with Crippen LogP contribution in [0.4, 0.5) is 5.69 Å². The summed E-state index contributed by atoms with van der Waals surface area (Å²) in [6.07, 6.45) is 1.85. The number of hydrogen-bond donors (Lipinski definition) is 1. The molecule has 2 aromatic rings. The number of rotatable bonds is 6. The molecule has 8 nitrogen and oxygen atoms in total. The van der Waals surface area contributed by atoms with Crippen molar-refractivity contribution in [2.24, 2.45) is 5.92 Å². The van der Waals surface area contributed by atoms with E-state index < -0.39 is 0 Å². The Kier molecular flexibility index (Phi) is 6.30. The van der Waals surface area contributed by atoms with Crippen molar-refractivity contribution < 1.29 is 23.9 Å². The summed E-state index contributed by atoms with van der Waals surface area (Å²) in [5.74, 6) is 0.935. The quantitative estimate of drug-likeness (QED) is 0.751. The molecule has 1 heterocycles. The first-order chi connectivity index (χ1) is 15.5. The smallest absolute Gasteiger partial charge is 0.257 e. The van der Waals surface area contributed by atoms with Crippen molar-refractivity contribution in [3.63, 3.8) is 0 Å². The van der Waals surface area contributed by atoms with Crippen molar-refractivity contribution >= 4 is 23.4 Å². The summed E-state index contributed by atoms with van der Waals surface area (Å²) in [6, 6.07) is 12.1. The molecule has 0 atom stereocenters. The van der Waals surface area contributed by atoms with Crippen molar-refractivity contribution in [2.45, 2.75) is 12.8 Å². The third-order valence-corrected chi connectivity index (χ3v) is 5.82. The molecule has 0 unspecified atom stereocenters. The predicted molar refractivity (Wildman–Crippen MR) is 119 cm³/mol. The number of nitrogens with one attached hydrogen (secondary N) is 1. The first-order valence-electron chi connectivity index (χ1n) is 10.7. The van der Waals surface area contributed by atoms with E-state index in [0.29, 0.717) is 54.5 Å². The number of methoxy groups -OCH3 is 2. The predicted octanol–water partition coefficient (Wildman–Crippen LogP) is 2.65. The highest BCUT2D eigenvalue weighted by atomic mass is 16.5. The Hall–Kier alpha value is -3.55. The molecule has 8 heteroatoms. The lowest BCUT2D eigenvalue weighted by Crippen LogP contribution is -2.50.